The van der Waals surface area contributed by atoms with Gasteiger partial charge in [-0.05, 0) is 37.5 Å². The van der Waals surface area contributed by atoms with E-state index in [-0.39, 0.29) is 6.04 Å². The molecule has 0 saturated carbocycles. The Morgan fingerprint density at radius 1 is 1.25 bits per heavy atom. The minimum atomic E-state index is -3.32. The van der Waals surface area contributed by atoms with E-state index in [1.165, 1.54) is 0 Å². The molecule has 6 heteroatoms. The molecular weight excluding hydrogens is 274 g/mol. The van der Waals surface area contributed by atoms with Gasteiger partial charge in [0.25, 0.3) is 10.2 Å². The topological polar surface area (TPSA) is 66.6 Å². The van der Waals surface area contributed by atoms with Crippen molar-refractivity contribution in [1.82, 2.24) is 8.61 Å². The average Bonchev–Trinajstić information content (AvgIpc) is 2.46. The van der Waals surface area contributed by atoms with Gasteiger partial charge < -0.3 is 5.73 Å². The largest absolute Gasteiger partial charge is 0.329 e. The summed E-state index contributed by atoms with van der Waals surface area (Å²) in [6.45, 7) is 6.69. The summed E-state index contributed by atoms with van der Waals surface area (Å²) in [7, 11) is -3.32. The minimum absolute atomic E-state index is 0.0177. The molecule has 0 bridgehead atoms. The molecule has 3 unspecified atom stereocenters. The minimum Gasteiger partial charge on any atom is -0.329 e. The van der Waals surface area contributed by atoms with Crippen molar-refractivity contribution in [3.05, 3.63) is 0 Å². The SMILES string of the molecule is CCC1CCN(S(=O)(=O)N2CCCC(C)C2)C(CN)C1. The maximum Gasteiger partial charge on any atom is 0.282 e. The summed E-state index contributed by atoms with van der Waals surface area (Å²) >= 11 is 0. The molecule has 0 aromatic heterocycles. The van der Waals surface area contributed by atoms with Crippen molar-refractivity contribution < 1.29 is 8.42 Å². The van der Waals surface area contributed by atoms with Crippen LogP contribution in [0, 0.1) is 11.8 Å². The normalized spacial score (nSPS) is 34.2. The molecule has 2 rings (SSSR count). The van der Waals surface area contributed by atoms with E-state index in [0.29, 0.717) is 38.0 Å². The molecule has 2 N–H and O–H groups in total. The number of rotatable bonds is 4. The van der Waals surface area contributed by atoms with Crippen LogP contribution < -0.4 is 5.73 Å². The van der Waals surface area contributed by atoms with Gasteiger partial charge >= 0.3 is 0 Å². The molecule has 3 atom stereocenters. The third-order valence-electron chi connectivity index (χ3n) is 4.86. The number of hydrogen-bond acceptors (Lipinski definition) is 3. The molecule has 0 aromatic carbocycles. The van der Waals surface area contributed by atoms with Crippen molar-refractivity contribution in [3.8, 4) is 0 Å². The summed E-state index contributed by atoms with van der Waals surface area (Å²) in [4.78, 5) is 0. The lowest BCUT2D eigenvalue weighted by atomic mass is 9.90. The Balaban J connectivity index is 2.11. The molecule has 2 heterocycles. The van der Waals surface area contributed by atoms with E-state index in [1.807, 2.05) is 0 Å². The molecule has 0 spiro atoms. The molecule has 2 aliphatic heterocycles. The molecule has 118 valence electrons. The molecule has 0 radical (unpaired) electrons. The second kappa shape index (κ2) is 6.73. The van der Waals surface area contributed by atoms with Crippen LogP contribution in [0.1, 0.15) is 46.0 Å². The highest BCUT2D eigenvalue weighted by atomic mass is 32.2. The Kier molecular flexibility index (Phi) is 5.45. The van der Waals surface area contributed by atoms with Crippen molar-refractivity contribution in [2.75, 3.05) is 26.2 Å². The van der Waals surface area contributed by atoms with E-state index in [9.17, 15) is 8.42 Å². The van der Waals surface area contributed by atoms with E-state index in [4.69, 9.17) is 5.73 Å². The van der Waals surface area contributed by atoms with Crippen molar-refractivity contribution >= 4 is 10.2 Å². The maximum atomic E-state index is 12.8. The lowest BCUT2D eigenvalue weighted by Crippen LogP contribution is -2.55. The zero-order valence-electron chi connectivity index (χ0n) is 12.8. The van der Waals surface area contributed by atoms with E-state index in [1.54, 1.807) is 8.61 Å². The molecule has 0 aromatic rings. The molecule has 5 nitrogen and oxygen atoms in total. The van der Waals surface area contributed by atoms with E-state index in [0.717, 1.165) is 32.1 Å². The molecule has 0 aliphatic carbocycles. The summed E-state index contributed by atoms with van der Waals surface area (Å²) in [5, 5.41) is 0. The van der Waals surface area contributed by atoms with Crippen LogP contribution in [0.25, 0.3) is 0 Å². The van der Waals surface area contributed by atoms with Crippen LogP contribution in [0.3, 0.4) is 0 Å². The quantitative estimate of drug-likeness (QED) is 0.854. The maximum absolute atomic E-state index is 12.8. The Morgan fingerprint density at radius 3 is 2.60 bits per heavy atom. The smallest absolute Gasteiger partial charge is 0.282 e. The second-order valence-electron chi connectivity index (χ2n) is 6.41. The summed E-state index contributed by atoms with van der Waals surface area (Å²) in [5.74, 6) is 1.08. The predicted molar refractivity (Wildman–Crippen MR) is 81.5 cm³/mol. The van der Waals surface area contributed by atoms with Gasteiger partial charge in [-0.2, -0.15) is 17.0 Å². The highest BCUT2D eigenvalue weighted by Gasteiger charge is 2.39. The molecular formula is C14H29N3O2S. The molecule has 2 saturated heterocycles. The van der Waals surface area contributed by atoms with Gasteiger partial charge in [0, 0.05) is 32.2 Å². The van der Waals surface area contributed by atoms with Crippen molar-refractivity contribution in [1.29, 1.82) is 0 Å². The second-order valence-corrected chi connectivity index (χ2v) is 8.29. The molecule has 0 amide bonds. The summed E-state index contributed by atoms with van der Waals surface area (Å²) in [5.41, 5.74) is 5.84. The van der Waals surface area contributed by atoms with Crippen LogP contribution in [-0.4, -0.2) is 49.2 Å². The lowest BCUT2D eigenvalue weighted by Gasteiger charge is -2.41. The predicted octanol–water partition coefficient (Wildman–Crippen LogP) is 1.41. The van der Waals surface area contributed by atoms with Crippen LogP contribution in [0.4, 0.5) is 0 Å². The van der Waals surface area contributed by atoms with Crippen molar-refractivity contribution in [2.45, 2.75) is 52.0 Å². The fourth-order valence-corrected chi connectivity index (χ4v) is 5.49. The summed E-state index contributed by atoms with van der Waals surface area (Å²) in [6.07, 6.45) is 5.10. The average molecular weight is 303 g/mol. The fourth-order valence-electron chi connectivity index (χ4n) is 3.51. The van der Waals surface area contributed by atoms with E-state index < -0.39 is 10.2 Å². The Bertz CT molecular complexity index is 413. The molecule has 20 heavy (non-hydrogen) atoms. The van der Waals surface area contributed by atoms with Gasteiger partial charge in [0.2, 0.25) is 0 Å². The molecule has 2 fully saturated rings. The zero-order chi connectivity index (χ0) is 14.8. The third kappa shape index (κ3) is 3.35. The van der Waals surface area contributed by atoms with Crippen LogP contribution >= 0.6 is 0 Å². The van der Waals surface area contributed by atoms with Crippen molar-refractivity contribution in [2.24, 2.45) is 17.6 Å². The fraction of sp³-hybridized carbons (Fsp3) is 1.00. The van der Waals surface area contributed by atoms with Gasteiger partial charge in [-0.15, -0.1) is 0 Å². The van der Waals surface area contributed by atoms with Gasteiger partial charge in [-0.1, -0.05) is 20.3 Å². The monoisotopic (exact) mass is 303 g/mol. The summed E-state index contributed by atoms with van der Waals surface area (Å²) < 4.78 is 29.0. The van der Waals surface area contributed by atoms with E-state index >= 15 is 0 Å². The number of piperidine rings is 2. The first-order chi connectivity index (χ1) is 9.48. The van der Waals surface area contributed by atoms with Crippen LogP contribution in [0.2, 0.25) is 0 Å². The van der Waals surface area contributed by atoms with Gasteiger partial charge in [-0.3, -0.25) is 0 Å². The lowest BCUT2D eigenvalue weighted by molar-refractivity contribution is 0.176. The first-order valence-electron chi connectivity index (χ1n) is 7.96. The van der Waals surface area contributed by atoms with Crippen molar-refractivity contribution in [3.63, 3.8) is 0 Å². The number of hydrogen-bond donors (Lipinski definition) is 1. The first kappa shape index (κ1) is 16.2. The van der Waals surface area contributed by atoms with Gasteiger partial charge in [0.1, 0.15) is 0 Å². The summed E-state index contributed by atoms with van der Waals surface area (Å²) in [6, 6.07) is -0.0177. The first-order valence-corrected chi connectivity index (χ1v) is 9.35. The Morgan fingerprint density at radius 2 is 2.00 bits per heavy atom. The highest BCUT2D eigenvalue weighted by Crippen LogP contribution is 2.29. The Hall–Kier alpha value is -0.170. The van der Waals surface area contributed by atoms with Crippen LogP contribution in [0.15, 0.2) is 0 Å². The van der Waals surface area contributed by atoms with Gasteiger partial charge in [0.05, 0.1) is 0 Å². The van der Waals surface area contributed by atoms with Gasteiger partial charge in [-0.25, -0.2) is 0 Å². The van der Waals surface area contributed by atoms with Crippen LogP contribution in [0.5, 0.6) is 0 Å². The van der Waals surface area contributed by atoms with E-state index in [2.05, 4.69) is 13.8 Å². The Labute approximate surface area is 123 Å². The van der Waals surface area contributed by atoms with Crippen LogP contribution in [-0.2, 0) is 10.2 Å². The number of nitrogens with two attached hydrogens (primary N) is 1. The molecule has 2 aliphatic rings. The third-order valence-corrected chi connectivity index (χ3v) is 6.92. The van der Waals surface area contributed by atoms with Gasteiger partial charge in [0.15, 0.2) is 0 Å². The zero-order valence-corrected chi connectivity index (χ0v) is 13.6. The number of nitrogens with zero attached hydrogens (tertiary/aromatic N) is 2. The standard InChI is InChI=1S/C14H29N3O2S/c1-3-13-6-8-17(14(9-13)10-15)20(18,19)16-7-4-5-12(2)11-16/h12-14H,3-11,15H2,1-2H3. The highest BCUT2D eigenvalue weighted by molar-refractivity contribution is 7.86.